The first kappa shape index (κ1) is 21.6. The van der Waals surface area contributed by atoms with Gasteiger partial charge in [-0.2, -0.15) is 11.8 Å². The van der Waals surface area contributed by atoms with Gasteiger partial charge in [-0.15, -0.1) is 11.3 Å². The van der Waals surface area contributed by atoms with Crippen molar-refractivity contribution in [3.05, 3.63) is 41.1 Å². The molecule has 5 rings (SSSR count). The molecule has 170 valence electrons. The van der Waals surface area contributed by atoms with Gasteiger partial charge < -0.3 is 25.4 Å². The maximum atomic E-state index is 12.1. The first-order valence-corrected chi connectivity index (χ1v) is 12.7. The van der Waals surface area contributed by atoms with Crippen LogP contribution in [0.3, 0.4) is 0 Å². The Hall–Kier alpha value is -2.27. The molecular formula is C22H27N5O3S2. The quantitative estimate of drug-likeness (QED) is 0.680. The summed E-state index contributed by atoms with van der Waals surface area (Å²) in [5.41, 5.74) is 7.42. The molecule has 32 heavy (non-hydrogen) atoms. The van der Waals surface area contributed by atoms with Crippen LogP contribution in [0.1, 0.15) is 5.01 Å². The number of nitrogens with two attached hydrogens (primary N) is 1. The van der Waals surface area contributed by atoms with Gasteiger partial charge in [-0.3, -0.25) is 9.69 Å². The number of fused-ring (bicyclic) bond motifs is 1. The van der Waals surface area contributed by atoms with Crippen LogP contribution in [0.15, 0.2) is 36.1 Å². The number of anilines is 1. The number of ether oxygens (including phenoxy) is 2. The van der Waals surface area contributed by atoms with Crippen LogP contribution >= 0.6 is 23.1 Å². The maximum Gasteiger partial charge on any atom is 0.248 e. The Morgan fingerprint density at radius 3 is 2.75 bits per heavy atom. The number of morpholine rings is 1. The topological polar surface area (TPSA) is 93.0 Å². The summed E-state index contributed by atoms with van der Waals surface area (Å²) < 4.78 is 12.3. The summed E-state index contributed by atoms with van der Waals surface area (Å²) >= 11 is 3.59. The Morgan fingerprint density at radius 1 is 1.25 bits per heavy atom. The number of amides is 1. The Labute approximate surface area is 195 Å². The molecule has 0 saturated carbocycles. The summed E-state index contributed by atoms with van der Waals surface area (Å²) in [6, 6.07) is 4.09. The number of hydrogen-bond donors (Lipinski definition) is 2. The lowest BCUT2D eigenvalue weighted by Gasteiger charge is -2.44. The van der Waals surface area contributed by atoms with E-state index in [-0.39, 0.29) is 0 Å². The number of rotatable bonds is 5. The third-order valence-corrected chi connectivity index (χ3v) is 8.25. The van der Waals surface area contributed by atoms with Gasteiger partial charge in [0.05, 0.1) is 30.7 Å². The number of primary amides is 1. The van der Waals surface area contributed by atoms with E-state index in [9.17, 15) is 4.79 Å². The molecule has 4 heterocycles. The Bertz CT molecular complexity index is 1070. The van der Waals surface area contributed by atoms with Crippen molar-refractivity contribution in [3.8, 4) is 5.75 Å². The van der Waals surface area contributed by atoms with E-state index in [4.69, 9.17) is 20.2 Å². The van der Waals surface area contributed by atoms with Crippen molar-refractivity contribution in [3.63, 3.8) is 0 Å². The number of thiazole rings is 1. The van der Waals surface area contributed by atoms with Gasteiger partial charge in [-0.1, -0.05) is 0 Å². The van der Waals surface area contributed by atoms with E-state index in [0.29, 0.717) is 18.8 Å². The van der Waals surface area contributed by atoms with Crippen LogP contribution in [0, 0.1) is 0 Å². The smallest absolute Gasteiger partial charge is 0.248 e. The number of dihydropyridines is 1. The lowest BCUT2D eigenvalue weighted by molar-refractivity contribution is -0.114. The van der Waals surface area contributed by atoms with Crippen LogP contribution in [0.5, 0.6) is 5.75 Å². The molecule has 10 heteroatoms. The Kier molecular flexibility index (Phi) is 6.02. The Morgan fingerprint density at radius 2 is 2.03 bits per heavy atom. The highest BCUT2D eigenvalue weighted by Gasteiger charge is 2.42. The second-order valence-corrected chi connectivity index (χ2v) is 10.1. The molecule has 1 unspecified atom stereocenters. The van der Waals surface area contributed by atoms with Gasteiger partial charge in [-0.05, 0) is 30.5 Å². The van der Waals surface area contributed by atoms with E-state index in [1.165, 1.54) is 0 Å². The number of benzene rings is 1. The van der Waals surface area contributed by atoms with Crippen molar-refractivity contribution in [2.24, 2.45) is 5.73 Å². The van der Waals surface area contributed by atoms with Gasteiger partial charge >= 0.3 is 0 Å². The summed E-state index contributed by atoms with van der Waals surface area (Å²) in [6.45, 7) is 4.89. The van der Waals surface area contributed by atoms with Crippen molar-refractivity contribution in [2.45, 2.75) is 5.66 Å². The van der Waals surface area contributed by atoms with E-state index in [1.54, 1.807) is 24.5 Å². The third-order valence-electron chi connectivity index (χ3n) is 6.11. The normalized spacial score (nSPS) is 24.3. The molecular weight excluding hydrogens is 446 g/mol. The molecule has 1 amide bonds. The van der Waals surface area contributed by atoms with Crippen LogP contribution in [0.25, 0.3) is 10.2 Å². The fourth-order valence-corrected chi connectivity index (χ4v) is 6.62. The van der Waals surface area contributed by atoms with Crippen molar-refractivity contribution in [2.75, 3.05) is 62.9 Å². The van der Waals surface area contributed by atoms with Crippen molar-refractivity contribution in [1.29, 1.82) is 0 Å². The van der Waals surface area contributed by atoms with E-state index >= 15 is 0 Å². The molecule has 1 aromatic carbocycles. The minimum absolute atomic E-state index is 0.439. The number of nitrogens with zero attached hydrogens (tertiary/aromatic N) is 3. The van der Waals surface area contributed by atoms with Gasteiger partial charge in [0.1, 0.15) is 16.3 Å². The SMILES string of the molecule is COc1ccc(N2CCOCC2)c2sc(C3(N4CCSCC4)C=C(C(N)=O)C=CN3)nc12. The largest absolute Gasteiger partial charge is 0.494 e. The molecule has 8 nitrogen and oxygen atoms in total. The molecule has 2 aromatic rings. The number of methoxy groups -OCH3 is 1. The summed E-state index contributed by atoms with van der Waals surface area (Å²) in [4.78, 5) is 21.9. The average molecular weight is 474 g/mol. The lowest BCUT2D eigenvalue weighted by atomic mass is 10.0. The highest BCUT2D eigenvalue weighted by molar-refractivity contribution is 7.99. The molecule has 3 aliphatic heterocycles. The average Bonchev–Trinajstić information content (AvgIpc) is 3.31. The van der Waals surface area contributed by atoms with Crippen LogP contribution in [-0.2, 0) is 15.2 Å². The second-order valence-electron chi connectivity index (χ2n) is 7.89. The Balaban J connectivity index is 1.68. The lowest BCUT2D eigenvalue weighted by Crippen LogP contribution is -2.57. The summed E-state index contributed by atoms with van der Waals surface area (Å²) in [6.07, 6.45) is 5.48. The molecule has 1 atom stereocenters. The minimum atomic E-state index is -0.725. The summed E-state index contributed by atoms with van der Waals surface area (Å²) in [5.74, 6) is 2.36. The van der Waals surface area contributed by atoms with Crippen LogP contribution < -0.4 is 20.7 Å². The fraction of sp³-hybridized carbons (Fsp3) is 0.455. The van der Waals surface area contributed by atoms with Gasteiger partial charge in [0.2, 0.25) is 5.91 Å². The number of thioether (sulfide) groups is 1. The zero-order valence-electron chi connectivity index (χ0n) is 18.0. The van der Waals surface area contributed by atoms with Crippen LogP contribution in [0.2, 0.25) is 0 Å². The van der Waals surface area contributed by atoms with Crippen molar-refractivity contribution >= 4 is 44.9 Å². The third kappa shape index (κ3) is 3.75. The molecule has 0 radical (unpaired) electrons. The highest BCUT2D eigenvalue weighted by Crippen LogP contribution is 2.43. The van der Waals surface area contributed by atoms with Gasteiger partial charge in [0.15, 0.2) is 5.66 Å². The van der Waals surface area contributed by atoms with Crippen molar-refractivity contribution < 1.29 is 14.3 Å². The number of aromatic nitrogens is 1. The number of hydrogen-bond acceptors (Lipinski definition) is 9. The molecule has 0 aliphatic carbocycles. The zero-order valence-corrected chi connectivity index (χ0v) is 19.6. The molecule has 0 bridgehead atoms. The second kappa shape index (κ2) is 8.93. The van der Waals surface area contributed by atoms with Gasteiger partial charge in [0, 0.05) is 43.3 Å². The summed E-state index contributed by atoms with van der Waals surface area (Å²) in [5, 5.41) is 4.40. The molecule has 3 aliphatic rings. The first-order chi connectivity index (χ1) is 15.6. The highest BCUT2D eigenvalue weighted by atomic mass is 32.2. The predicted molar refractivity (Wildman–Crippen MR) is 129 cm³/mol. The molecule has 0 spiro atoms. The molecule has 2 saturated heterocycles. The van der Waals surface area contributed by atoms with E-state index in [2.05, 4.69) is 21.2 Å². The number of carbonyl (C=O) groups excluding carboxylic acids is 1. The van der Waals surface area contributed by atoms with Crippen molar-refractivity contribution in [1.82, 2.24) is 15.2 Å². The zero-order chi connectivity index (χ0) is 22.1. The molecule has 1 aromatic heterocycles. The first-order valence-electron chi connectivity index (χ1n) is 10.7. The fourth-order valence-electron chi connectivity index (χ4n) is 4.43. The van der Waals surface area contributed by atoms with E-state index in [1.807, 2.05) is 30.1 Å². The molecule has 2 fully saturated rings. The summed E-state index contributed by atoms with van der Waals surface area (Å²) in [7, 11) is 1.67. The standard InChI is InChI=1S/C22H27N5O3S2/c1-29-17-3-2-16(26-6-10-30-11-7-26)19-18(17)25-21(32-19)22(27-8-12-31-13-9-27)14-15(20(23)28)4-5-24-22/h2-5,14,24H,6-13H2,1H3,(H2,23,28). The monoisotopic (exact) mass is 473 g/mol. The van der Waals surface area contributed by atoms with Gasteiger partial charge in [0.25, 0.3) is 0 Å². The predicted octanol–water partition coefficient (Wildman–Crippen LogP) is 1.87. The molecule has 3 N–H and O–H groups in total. The number of nitrogens with one attached hydrogen (secondary N) is 1. The van der Waals surface area contributed by atoms with E-state index < -0.39 is 11.6 Å². The van der Waals surface area contributed by atoms with Crippen LogP contribution in [-0.4, -0.2) is 73.8 Å². The van der Waals surface area contributed by atoms with E-state index in [0.717, 1.165) is 64.3 Å². The minimum Gasteiger partial charge on any atom is -0.494 e. The number of carbonyl (C=O) groups is 1. The van der Waals surface area contributed by atoms with Crippen LogP contribution in [0.4, 0.5) is 5.69 Å². The van der Waals surface area contributed by atoms with Gasteiger partial charge in [-0.25, -0.2) is 4.98 Å². The maximum absolute atomic E-state index is 12.1.